The predicted octanol–water partition coefficient (Wildman–Crippen LogP) is 2.96. The molecule has 1 aliphatic carbocycles. The van der Waals surface area contributed by atoms with E-state index >= 15 is 0 Å². The third-order valence-electron chi connectivity index (χ3n) is 5.70. The maximum Gasteiger partial charge on any atom is 0.248 e. The van der Waals surface area contributed by atoms with E-state index in [1.54, 1.807) is 4.90 Å². The molecular formula is C22H29N3O4. The summed E-state index contributed by atoms with van der Waals surface area (Å²) in [4.78, 5) is 18.4. The standard InChI is InChI=1S/C22H29N3O4/c26-21(16-28-15-18-6-2-1-3-7-18)25-12-19(13-25)22-23-20(24-29-22)10-11-27-14-17-8-4-5-9-17/h1-3,6-7,17,19H,4-5,8-16H2. The van der Waals surface area contributed by atoms with E-state index in [9.17, 15) is 4.79 Å². The zero-order valence-corrected chi connectivity index (χ0v) is 16.8. The molecule has 1 saturated carbocycles. The number of rotatable bonds is 10. The Labute approximate surface area is 171 Å². The fourth-order valence-corrected chi connectivity index (χ4v) is 3.89. The number of likely N-dealkylation sites (tertiary alicyclic amines) is 1. The first-order valence-corrected chi connectivity index (χ1v) is 10.6. The first-order valence-electron chi connectivity index (χ1n) is 10.6. The van der Waals surface area contributed by atoms with Gasteiger partial charge in [-0.25, -0.2) is 0 Å². The van der Waals surface area contributed by atoms with Gasteiger partial charge in [0, 0.05) is 26.1 Å². The molecule has 29 heavy (non-hydrogen) atoms. The summed E-state index contributed by atoms with van der Waals surface area (Å²) in [6, 6.07) is 9.84. The van der Waals surface area contributed by atoms with Crippen molar-refractivity contribution in [2.75, 3.05) is 32.9 Å². The molecule has 1 aromatic heterocycles. The minimum absolute atomic E-state index is 0.00256. The second-order valence-corrected chi connectivity index (χ2v) is 8.00. The highest BCUT2D eigenvalue weighted by Crippen LogP contribution is 2.26. The summed E-state index contributed by atoms with van der Waals surface area (Å²) in [6.45, 7) is 3.22. The van der Waals surface area contributed by atoms with Gasteiger partial charge in [0.1, 0.15) is 6.61 Å². The number of carbonyl (C=O) groups is 1. The van der Waals surface area contributed by atoms with Crippen LogP contribution in [0.2, 0.25) is 0 Å². The van der Waals surface area contributed by atoms with Gasteiger partial charge in [-0.2, -0.15) is 4.98 Å². The van der Waals surface area contributed by atoms with Gasteiger partial charge in [0.05, 0.1) is 19.1 Å². The van der Waals surface area contributed by atoms with Crippen molar-refractivity contribution in [3.05, 3.63) is 47.6 Å². The van der Waals surface area contributed by atoms with E-state index in [-0.39, 0.29) is 18.4 Å². The average Bonchev–Trinajstić information content (AvgIpc) is 3.37. The molecule has 2 fully saturated rings. The van der Waals surface area contributed by atoms with Crippen molar-refractivity contribution in [2.45, 2.75) is 44.6 Å². The molecule has 7 nitrogen and oxygen atoms in total. The highest BCUT2D eigenvalue weighted by molar-refractivity contribution is 5.78. The van der Waals surface area contributed by atoms with E-state index in [4.69, 9.17) is 14.0 Å². The SMILES string of the molecule is O=C(COCc1ccccc1)N1CC(c2nc(CCOCC3CCCC3)no2)C1. The number of benzene rings is 1. The Hall–Kier alpha value is -2.25. The van der Waals surface area contributed by atoms with Gasteiger partial charge in [-0.15, -0.1) is 0 Å². The van der Waals surface area contributed by atoms with E-state index in [1.807, 2.05) is 30.3 Å². The Balaban J connectivity index is 1.11. The van der Waals surface area contributed by atoms with E-state index in [0.29, 0.717) is 44.4 Å². The first-order chi connectivity index (χ1) is 14.3. The average molecular weight is 399 g/mol. The summed E-state index contributed by atoms with van der Waals surface area (Å²) < 4.78 is 16.7. The van der Waals surface area contributed by atoms with Gasteiger partial charge in [-0.3, -0.25) is 4.79 Å². The van der Waals surface area contributed by atoms with Crippen molar-refractivity contribution in [2.24, 2.45) is 5.92 Å². The van der Waals surface area contributed by atoms with Crippen molar-refractivity contribution in [3.8, 4) is 0 Å². The van der Waals surface area contributed by atoms with Crippen LogP contribution in [0, 0.1) is 5.92 Å². The van der Waals surface area contributed by atoms with Gasteiger partial charge in [-0.05, 0) is 24.3 Å². The van der Waals surface area contributed by atoms with Gasteiger partial charge in [-0.1, -0.05) is 48.3 Å². The van der Waals surface area contributed by atoms with Crippen molar-refractivity contribution >= 4 is 5.91 Å². The van der Waals surface area contributed by atoms with Crippen LogP contribution < -0.4 is 0 Å². The molecule has 2 aromatic rings. The third-order valence-corrected chi connectivity index (χ3v) is 5.70. The summed E-state index contributed by atoms with van der Waals surface area (Å²) in [7, 11) is 0. The van der Waals surface area contributed by atoms with Crippen LogP contribution in [0.25, 0.3) is 0 Å². The highest BCUT2D eigenvalue weighted by Gasteiger charge is 2.35. The minimum atomic E-state index is -0.00256. The zero-order chi connectivity index (χ0) is 19.9. The van der Waals surface area contributed by atoms with Crippen LogP contribution in [0.1, 0.15) is 48.9 Å². The molecule has 1 aliphatic heterocycles. The van der Waals surface area contributed by atoms with Crippen molar-refractivity contribution in [1.82, 2.24) is 15.0 Å². The topological polar surface area (TPSA) is 77.7 Å². The van der Waals surface area contributed by atoms with Crippen molar-refractivity contribution in [3.63, 3.8) is 0 Å². The largest absolute Gasteiger partial charge is 0.381 e. The van der Waals surface area contributed by atoms with E-state index < -0.39 is 0 Å². The summed E-state index contributed by atoms with van der Waals surface area (Å²) in [5, 5.41) is 4.05. The molecule has 4 rings (SSSR count). The smallest absolute Gasteiger partial charge is 0.248 e. The molecular weight excluding hydrogens is 370 g/mol. The maximum absolute atomic E-state index is 12.2. The molecule has 7 heteroatoms. The van der Waals surface area contributed by atoms with E-state index in [1.165, 1.54) is 25.7 Å². The Kier molecular flexibility index (Phi) is 6.90. The molecule has 1 saturated heterocycles. The highest BCUT2D eigenvalue weighted by atomic mass is 16.5. The number of nitrogens with zero attached hydrogens (tertiary/aromatic N) is 3. The Morgan fingerprint density at radius 3 is 2.72 bits per heavy atom. The molecule has 2 aliphatic rings. The molecule has 0 spiro atoms. The van der Waals surface area contributed by atoms with Crippen LogP contribution in [0.15, 0.2) is 34.9 Å². The third kappa shape index (κ3) is 5.64. The molecule has 156 valence electrons. The molecule has 0 atom stereocenters. The van der Waals surface area contributed by atoms with Crippen LogP contribution in [0.4, 0.5) is 0 Å². The Bertz CT molecular complexity index is 767. The van der Waals surface area contributed by atoms with Crippen LogP contribution in [-0.4, -0.2) is 53.9 Å². The number of amides is 1. The lowest BCUT2D eigenvalue weighted by Crippen LogP contribution is -2.49. The van der Waals surface area contributed by atoms with Crippen LogP contribution in [-0.2, 0) is 27.3 Å². The summed E-state index contributed by atoms with van der Waals surface area (Å²) in [5.41, 5.74) is 1.06. The fourth-order valence-electron chi connectivity index (χ4n) is 3.89. The Morgan fingerprint density at radius 1 is 1.14 bits per heavy atom. The van der Waals surface area contributed by atoms with Gasteiger partial charge < -0.3 is 18.9 Å². The second-order valence-electron chi connectivity index (χ2n) is 8.00. The van der Waals surface area contributed by atoms with Gasteiger partial charge >= 0.3 is 0 Å². The number of hydrogen-bond donors (Lipinski definition) is 0. The van der Waals surface area contributed by atoms with Gasteiger partial charge in [0.25, 0.3) is 0 Å². The Morgan fingerprint density at radius 2 is 1.93 bits per heavy atom. The number of ether oxygens (including phenoxy) is 2. The molecule has 0 unspecified atom stereocenters. The van der Waals surface area contributed by atoms with Crippen molar-refractivity contribution in [1.29, 1.82) is 0 Å². The number of aromatic nitrogens is 2. The second kappa shape index (κ2) is 9.98. The lowest BCUT2D eigenvalue weighted by molar-refractivity contribution is -0.141. The molecule has 1 amide bonds. The maximum atomic E-state index is 12.2. The van der Waals surface area contributed by atoms with Crippen LogP contribution >= 0.6 is 0 Å². The fraction of sp³-hybridized carbons (Fsp3) is 0.591. The van der Waals surface area contributed by atoms with Crippen LogP contribution in [0.5, 0.6) is 0 Å². The van der Waals surface area contributed by atoms with Crippen molar-refractivity contribution < 1.29 is 18.8 Å². The lowest BCUT2D eigenvalue weighted by atomic mass is 10.0. The summed E-state index contributed by atoms with van der Waals surface area (Å²) in [6.07, 6.45) is 5.92. The lowest BCUT2D eigenvalue weighted by Gasteiger charge is -2.36. The molecule has 2 heterocycles. The normalized spacial score (nSPS) is 17.6. The summed E-state index contributed by atoms with van der Waals surface area (Å²) >= 11 is 0. The molecule has 1 aromatic carbocycles. The quantitative estimate of drug-likeness (QED) is 0.572. The molecule has 0 radical (unpaired) electrons. The number of hydrogen-bond acceptors (Lipinski definition) is 6. The number of carbonyl (C=O) groups excluding carboxylic acids is 1. The summed E-state index contributed by atoms with van der Waals surface area (Å²) in [5.74, 6) is 2.14. The zero-order valence-electron chi connectivity index (χ0n) is 16.8. The van der Waals surface area contributed by atoms with Gasteiger partial charge in [0.15, 0.2) is 5.82 Å². The molecule has 0 bridgehead atoms. The predicted molar refractivity (Wildman–Crippen MR) is 106 cm³/mol. The monoisotopic (exact) mass is 399 g/mol. The van der Waals surface area contributed by atoms with Gasteiger partial charge in [0.2, 0.25) is 11.8 Å². The van der Waals surface area contributed by atoms with Crippen LogP contribution in [0.3, 0.4) is 0 Å². The minimum Gasteiger partial charge on any atom is -0.381 e. The van der Waals surface area contributed by atoms with E-state index in [0.717, 1.165) is 18.1 Å². The van der Waals surface area contributed by atoms with E-state index in [2.05, 4.69) is 10.1 Å². The first kappa shape index (κ1) is 20.0. The molecule has 0 N–H and O–H groups in total.